The van der Waals surface area contributed by atoms with Gasteiger partial charge in [-0.3, -0.25) is 10.1 Å². The Balaban J connectivity index is 2.38. The van der Waals surface area contributed by atoms with E-state index in [9.17, 15) is 9.90 Å². The largest absolute Gasteiger partial charge is 0.507 e. The highest BCUT2D eigenvalue weighted by Gasteiger charge is 2.20. The van der Waals surface area contributed by atoms with Crippen LogP contribution in [0.5, 0.6) is 11.5 Å². The third kappa shape index (κ3) is 2.36. The molecule has 1 heterocycles. The van der Waals surface area contributed by atoms with Crippen LogP contribution in [0.25, 0.3) is 6.08 Å². The first kappa shape index (κ1) is 11.4. The maximum atomic E-state index is 11.4. The van der Waals surface area contributed by atoms with Gasteiger partial charge in [0.2, 0.25) is 0 Å². The number of aromatic hydroxyl groups is 1. The molecule has 0 radical (unpaired) electrons. The van der Waals surface area contributed by atoms with Gasteiger partial charge in [-0.05, 0) is 36.5 Å². The highest BCUT2D eigenvalue weighted by Crippen LogP contribution is 2.25. The van der Waals surface area contributed by atoms with E-state index in [1.165, 1.54) is 19.3 Å². The Morgan fingerprint density at radius 2 is 2.18 bits per heavy atom. The molecule has 1 aliphatic heterocycles. The molecule has 0 spiro atoms. The molecule has 17 heavy (non-hydrogen) atoms. The number of carbonyl (C=O) groups is 1. The smallest absolute Gasteiger partial charge is 0.273 e. The number of nitrogens with one attached hydrogen (secondary N) is 2. The minimum Gasteiger partial charge on any atom is -0.507 e. The topological polar surface area (TPSA) is 70.6 Å². The lowest BCUT2D eigenvalue weighted by atomic mass is 10.1. The van der Waals surface area contributed by atoms with E-state index in [0.29, 0.717) is 17.0 Å². The molecule has 0 aromatic heterocycles. The Morgan fingerprint density at radius 3 is 2.76 bits per heavy atom. The number of amides is 1. The summed E-state index contributed by atoms with van der Waals surface area (Å²) < 4.78 is 5.04. The summed E-state index contributed by atoms with van der Waals surface area (Å²) in [6.07, 6.45) is 1.51. The molecule has 0 atom stereocenters. The summed E-state index contributed by atoms with van der Waals surface area (Å²) in [5, 5.41) is 15.0. The van der Waals surface area contributed by atoms with Crippen molar-refractivity contribution in [1.82, 2.24) is 10.6 Å². The number of ether oxygens (including phenoxy) is 1. The second kappa shape index (κ2) is 4.42. The molecule has 3 N–H and O–H groups in total. The van der Waals surface area contributed by atoms with E-state index in [1.54, 1.807) is 12.1 Å². The highest BCUT2D eigenvalue weighted by molar-refractivity contribution is 7.80. The molecule has 0 unspecified atom stereocenters. The van der Waals surface area contributed by atoms with E-state index in [4.69, 9.17) is 17.0 Å². The van der Waals surface area contributed by atoms with Crippen LogP contribution in [0.1, 0.15) is 5.56 Å². The zero-order chi connectivity index (χ0) is 12.4. The average Bonchev–Trinajstić information content (AvgIpc) is 2.60. The van der Waals surface area contributed by atoms with Gasteiger partial charge in [0.15, 0.2) is 5.11 Å². The van der Waals surface area contributed by atoms with Crippen LogP contribution < -0.4 is 15.4 Å². The van der Waals surface area contributed by atoms with Crippen molar-refractivity contribution >= 4 is 29.3 Å². The first-order chi connectivity index (χ1) is 8.10. The number of benzene rings is 1. The van der Waals surface area contributed by atoms with Crippen LogP contribution in [0.4, 0.5) is 0 Å². The van der Waals surface area contributed by atoms with Gasteiger partial charge in [-0.25, -0.2) is 0 Å². The van der Waals surface area contributed by atoms with Gasteiger partial charge in [0.05, 0.1) is 7.11 Å². The molecule has 1 amide bonds. The number of carbonyl (C=O) groups excluding carboxylic acids is 1. The van der Waals surface area contributed by atoms with Gasteiger partial charge in [-0.2, -0.15) is 0 Å². The number of hydrogen-bond acceptors (Lipinski definition) is 4. The van der Waals surface area contributed by atoms with Gasteiger partial charge in [0.1, 0.15) is 17.2 Å². The summed E-state index contributed by atoms with van der Waals surface area (Å²) in [7, 11) is 1.53. The van der Waals surface area contributed by atoms with E-state index in [-0.39, 0.29) is 16.8 Å². The lowest BCUT2D eigenvalue weighted by Crippen LogP contribution is -2.21. The van der Waals surface area contributed by atoms with Crippen LogP contribution in [0.3, 0.4) is 0 Å². The van der Waals surface area contributed by atoms with E-state index in [1.807, 2.05) is 0 Å². The molecule has 6 heteroatoms. The summed E-state index contributed by atoms with van der Waals surface area (Å²) in [5.41, 5.74) is 0.769. The van der Waals surface area contributed by atoms with Crippen molar-refractivity contribution in [2.24, 2.45) is 0 Å². The molecule has 1 fully saturated rings. The monoisotopic (exact) mass is 250 g/mol. The summed E-state index contributed by atoms with van der Waals surface area (Å²) in [6.45, 7) is 0. The van der Waals surface area contributed by atoms with Gasteiger partial charge in [-0.1, -0.05) is 0 Å². The zero-order valence-electron chi connectivity index (χ0n) is 8.98. The molecule has 2 rings (SSSR count). The minimum atomic E-state index is -0.322. The number of phenolic OH excluding ortho intramolecular Hbond substituents is 1. The van der Waals surface area contributed by atoms with Crippen molar-refractivity contribution < 1.29 is 14.6 Å². The van der Waals surface area contributed by atoms with Crippen molar-refractivity contribution in [3.05, 3.63) is 29.5 Å². The molecule has 88 valence electrons. The van der Waals surface area contributed by atoms with Crippen LogP contribution in [0.15, 0.2) is 23.9 Å². The van der Waals surface area contributed by atoms with Crippen molar-refractivity contribution in [1.29, 1.82) is 0 Å². The van der Waals surface area contributed by atoms with Gasteiger partial charge >= 0.3 is 0 Å². The lowest BCUT2D eigenvalue weighted by molar-refractivity contribution is -0.115. The molecule has 0 saturated carbocycles. The maximum Gasteiger partial charge on any atom is 0.273 e. The minimum absolute atomic E-state index is 0.0609. The second-order valence-electron chi connectivity index (χ2n) is 3.39. The number of rotatable bonds is 2. The van der Waals surface area contributed by atoms with E-state index in [0.717, 1.165) is 0 Å². The Morgan fingerprint density at radius 1 is 1.41 bits per heavy atom. The van der Waals surface area contributed by atoms with Gasteiger partial charge < -0.3 is 15.2 Å². The zero-order valence-corrected chi connectivity index (χ0v) is 9.80. The fraction of sp³-hybridized carbons (Fsp3) is 0.0909. The standard InChI is InChI=1S/C11H10N2O3S/c1-16-7-2-3-9(14)6(4-7)5-8-10(15)13-11(17)12-8/h2-5,14H,1H3,(H2,12,13,15,17). The van der Waals surface area contributed by atoms with Crippen LogP contribution in [-0.2, 0) is 4.79 Å². The normalized spacial score (nSPS) is 16.9. The first-order valence-corrected chi connectivity index (χ1v) is 5.22. The third-order valence-corrected chi connectivity index (χ3v) is 2.46. The first-order valence-electron chi connectivity index (χ1n) is 4.81. The average molecular weight is 250 g/mol. The van der Waals surface area contributed by atoms with Crippen molar-refractivity contribution in [3.63, 3.8) is 0 Å². The van der Waals surface area contributed by atoms with Crippen LogP contribution in [0.2, 0.25) is 0 Å². The SMILES string of the molecule is COc1ccc(O)c(C=C2NC(=S)NC2=O)c1. The molecule has 1 aromatic rings. The van der Waals surface area contributed by atoms with E-state index < -0.39 is 0 Å². The molecule has 0 bridgehead atoms. The van der Waals surface area contributed by atoms with E-state index in [2.05, 4.69) is 10.6 Å². The highest BCUT2D eigenvalue weighted by atomic mass is 32.1. The maximum absolute atomic E-state index is 11.4. The van der Waals surface area contributed by atoms with Gasteiger partial charge in [0.25, 0.3) is 5.91 Å². The lowest BCUT2D eigenvalue weighted by Gasteiger charge is -2.04. The summed E-state index contributed by atoms with van der Waals surface area (Å²) >= 11 is 4.80. The van der Waals surface area contributed by atoms with Crippen LogP contribution in [-0.4, -0.2) is 23.2 Å². The third-order valence-electron chi connectivity index (χ3n) is 2.25. The molecular weight excluding hydrogens is 240 g/mol. The van der Waals surface area contributed by atoms with Gasteiger partial charge in [-0.15, -0.1) is 0 Å². The predicted molar refractivity (Wildman–Crippen MR) is 66.5 cm³/mol. The van der Waals surface area contributed by atoms with E-state index >= 15 is 0 Å². The quantitative estimate of drug-likeness (QED) is 0.533. The molecule has 1 aliphatic rings. The molecular formula is C11H10N2O3S. The Hall–Kier alpha value is -2.08. The number of thiocarbonyl (C=S) groups is 1. The van der Waals surface area contributed by atoms with Crippen molar-refractivity contribution in [2.45, 2.75) is 0 Å². The van der Waals surface area contributed by atoms with Crippen molar-refractivity contribution in [3.8, 4) is 11.5 Å². The van der Waals surface area contributed by atoms with Crippen LogP contribution in [0, 0.1) is 0 Å². The Kier molecular flexibility index (Phi) is 2.97. The molecule has 0 aliphatic carbocycles. The predicted octanol–water partition coefficient (Wildman–Crippen LogP) is 0.746. The fourth-order valence-electron chi connectivity index (χ4n) is 1.41. The molecule has 1 aromatic carbocycles. The number of phenols is 1. The summed E-state index contributed by atoms with van der Waals surface area (Å²) in [4.78, 5) is 11.4. The van der Waals surface area contributed by atoms with Crippen LogP contribution >= 0.6 is 12.2 Å². The number of methoxy groups -OCH3 is 1. The molecule has 1 saturated heterocycles. The van der Waals surface area contributed by atoms with Crippen molar-refractivity contribution in [2.75, 3.05) is 7.11 Å². The Bertz CT molecular complexity index is 525. The summed E-state index contributed by atoms with van der Waals surface area (Å²) in [6, 6.07) is 4.75. The Labute approximate surface area is 103 Å². The summed E-state index contributed by atoms with van der Waals surface area (Å²) in [5.74, 6) is 0.332. The molecule has 5 nitrogen and oxygen atoms in total. The fourth-order valence-corrected chi connectivity index (χ4v) is 1.62. The second-order valence-corrected chi connectivity index (χ2v) is 3.80. The number of hydrogen-bond donors (Lipinski definition) is 3. The van der Waals surface area contributed by atoms with Gasteiger partial charge in [0, 0.05) is 5.56 Å².